The average molecular weight is 374 g/mol. The van der Waals surface area contributed by atoms with E-state index >= 15 is 0 Å². The van der Waals surface area contributed by atoms with Crippen molar-refractivity contribution in [2.24, 2.45) is 11.3 Å². The van der Waals surface area contributed by atoms with E-state index in [1.807, 2.05) is 26.3 Å². The van der Waals surface area contributed by atoms with Gasteiger partial charge in [0.1, 0.15) is 5.01 Å². The first-order valence-corrected chi connectivity index (χ1v) is 10.2. The molecule has 0 aliphatic carbocycles. The second-order valence-electron chi connectivity index (χ2n) is 7.60. The highest BCUT2D eigenvalue weighted by Gasteiger charge is 2.48. The van der Waals surface area contributed by atoms with E-state index in [2.05, 4.69) is 37.1 Å². The lowest BCUT2D eigenvalue weighted by molar-refractivity contribution is 0.0762. The number of hydrogen-bond acceptors (Lipinski definition) is 7. The van der Waals surface area contributed by atoms with E-state index in [0.29, 0.717) is 11.3 Å². The molecular formula is C19H27N5OS. The molecule has 2 fully saturated rings. The van der Waals surface area contributed by atoms with Gasteiger partial charge in [0.2, 0.25) is 5.13 Å². The number of ether oxygens (including phenoxy) is 1. The Morgan fingerprint density at radius 1 is 1.27 bits per heavy atom. The van der Waals surface area contributed by atoms with Crippen molar-refractivity contribution >= 4 is 16.5 Å². The highest BCUT2D eigenvalue weighted by Crippen LogP contribution is 2.46. The monoisotopic (exact) mass is 373 g/mol. The number of pyridine rings is 1. The van der Waals surface area contributed by atoms with E-state index in [1.165, 1.54) is 12.8 Å². The normalized spacial score (nSPS) is 23.0. The number of aromatic nitrogens is 3. The third-order valence-corrected chi connectivity index (χ3v) is 6.81. The summed E-state index contributed by atoms with van der Waals surface area (Å²) in [6, 6.07) is 6.17. The SMILES string of the molecule is COCC1CN(Cc2ccccn2)CC12CCN(c1nnc(C)s1)CC2. The van der Waals surface area contributed by atoms with Crippen LogP contribution in [-0.4, -0.2) is 60.0 Å². The number of likely N-dealkylation sites (tertiary alicyclic amines) is 1. The lowest BCUT2D eigenvalue weighted by Crippen LogP contribution is -2.45. The molecule has 2 aliphatic heterocycles. The molecule has 2 aliphatic rings. The van der Waals surface area contributed by atoms with Crippen molar-refractivity contribution in [3.05, 3.63) is 35.1 Å². The second kappa shape index (κ2) is 7.58. The summed E-state index contributed by atoms with van der Waals surface area (Å²) in [6.07, 6.45) is 4.27. The van der Waals surface area contributed by atoms with Crippen LogP contribution in [-0.2, 0) is 11.3 Å². The molecule has 0 radical (unpaired) electrons. The van der Waals surface area contributed by atoms with Gasteiger partial charge in [-0.3, -0.25) is 9.88 Å². The van der Waals surface area contributed by atoms with Gasteiger partial charge in [0, 0.05) is 51.9 Å². The number of anilines is 1. The highest BCUT2D eigenvalue weighted by molar-refractivity contribution is 7.15. The van der Waals surface area contributed by atoms with Gasteiger partial charge in [-0.25, -0.2) is 0 Å². The molecule has 2 aromatic heterocycles. The zero-order chi connectivity index (χ0) is 18.0. The molecule has 2 aromatic rings. The quantitative estimate of drug-likeness (QED) is 0.803. The number of piperidine rings is 1. The van der Waals surface area contributed by atoms with Crippen molar-refractivity contribution in [3.63, 3.8) is 0 Å². The van der Waals surface area contributed by atoms with Crippen molar-refractivity contribution in [1.82, 2.24) is 20.1 Å². The molecule has 140 valence electrons. The summed E-state index contributed by atoms with van der Waals surface area (Å²) in [5, 5.41) is 10.6. The van der Waals surface area contributed by atoms with Gasteiger partial charge in [-0.15, -0.1) is 10.2 Å². The Bertz CT molecular complexity index is 714. The largest absolute Gasteiger partial charge is 0.384 e. The second-order valence-corrected chi connectivity index (χ2v) is 8.76. The molecule has 1 atom stereocenters. The Balaban J connectivity index is 1.44. The topological polar surface area (TPSA) is 54.4 Å². The number of aryl methyl sites for hydroxylation is 1. The average Bonchev–Trinajstić information content (AvgIpc) is 3.22. The Morgan fingerprint density at radius 3 is 2.77 bits per heavy atom. The molecule has 7 heteroatoms. The van der Waals surface area contributed by atoms with Crippen molar-refractivity contribution < 1.29 is 4.74 Å². The van der Waals surface area contributed by atoms with E-state index in [9.17, 15) is 0 Å². The van der Waals surface area contributed by atoms with Gasteiger partial charge >= 0.3 is 0 Å². The van der Waals surface area contributed by atoms with Gasteiger partial charge in [-0.05, 0) is 37.3 Å². The third-order valence-electron chi connectivity index (χ3n) is 5.91. The van der Waals surface area contributed by atoms with Crippen LogP contribution in [0.1, 0.15) is 23.5 Å². The fraction of sp³-hybridized carbons (Fsp3) is 0.632. The van der Waals surface area contributed by atoms with Crippen LogP contribution in [0.2, 0.25) is 0 Å². The van der Waals surface area contributed by atoms with E-state index in [0.717, 1.165) is 55.2 Å². The Hall–Kier alpha value is -1.57. The molecule has 1 unspecified atom stereocenters. The van der Waals surface area contributed by atoms with Crippen molar-refractivity contribution in [2.75, 3.05) is 44.8 Å². The molecule has 2 saturated heterocycles. The van der Waals surface area contributed by atoms with E-state index < -0.39 is 0 Å². The Morgan fingerprint density at radius 2 is 2.12 bits per heavy atom. The van der Waals surface area contributed by atoms with Gasteiger partial charge in [0.25, 0.3) is 0 Å². The number of hydrogen-bond donors (Lipinski definition) is 0. The van der Waals surface area contributed by atoms with Crippen molar-refractivity contribution in [2.45, 2.75) is 26.3 Å². The summed E-state index contributed by atoms with van der Waals surface area (Å²) in [6.45, 7) is 8.16. The van der Waals surface area contributed by atoms with E-state index in [-0.39, 0.29) is 0 Å². The fourth-order valence-electron chi connectivity index (χ4n) is 4.54. The first-order valence-electron chi connectivity index (χ1n) is 9.35. The summed E-state index contributed by atoms with van der Waals surface area (Å²) in [4.78, 5) is 9.48. The lowest BCUT2D eigenvalue weighted by Gasteiger charge is -2.42. The predicted molar refractivity (Wildman–Crippen MR) is 103 cm³/mol. The van der Waals surface area contributed by atoms with Crippen LogP contribution in [0.25, 0.3) is 0 Å². The summed E-state index contributed by atoms with van der Waals surface area (Å²) in [5.41, 5.74) is 1.50. The smallest absolute Gasteiger partial charge is 0.208 e. The predicted octanol–water partition coefficient (Wildman–Crippen LogP) is 2.61. The minimum Gasteiger partial charge on any atom is -0.384 e. The molecule has 4 heterocycles. The van der Waals surface area contributed by atoms with E-state index in [4.69, 9.17) is 4.74 Å². The molecule has 0 N–H and O–H groups in total. The number of methoxy groups -OCH3 is 1. The first-order chi connectivity index (χ1) is 12.7. The van der Waals surface area contributed by atoms with Crippen LogP contribution in [0.3, 0.4) is 0 Å². The van der Waals surface area contributed by atoms with Gasteiger partial charge < -0.3 is 9.64 Å². The molecule has 0 amide bonds. The molecule has 6 nitrogen and oxygen atoms in total. The summed E-state index contributed by atoms with van der Waals surface area (Å²) >= 11 is 1.70. The molecular weight excluding hydrogens is 346 g/mol. The maximum absolute atomic E-state index is 5.59. The zero-order valence-corrected chi connectivity index (χ0v) is 16.4. The molecule has 26 heavy (non-hydrogen) atoms. The molecule has 4 rings (SSSR count). The Kier molecular flexibility index (Phi) is 5.20. The minimum absolute atomic E-state index is 0.348. The molecule has 0 saturated carbocycles. The maximum atomic E-state index is 5.59. The standard InChI is InChI=1S/C19H27N5OS/c1-15-21-22-18(26-15)24-9-6-19(7-10-24)14-23(11-16(19)13-25-2)12-17-5-3-4-8-20-17/h3-5,8,16H,6-7,9-14H2,1-2H3. The van der Waals surface area contributed by atoms with Crippen molar-refractivity contribution in [3.8, 4) is 0 Å². The highest BCUT2D eigenvalue weighted by atomic mass is 32.1. The van der Waals surface area contributed by atoms with Crippen LogP contribution >= 0.6 is 11.3 Å². The number of nitrogens with zero attached hydrogens (tertiary/aromatic N) is 5. The fourth-order valence-corrected chi connectivity index (χ4v) is 5.28. The van der Waals surface area contributed by atoms with Crippen LogP contribution < -0.4 is 4.90 Å². The van der Waals surface area contributed by atoms with E-state index in [1.54, 1.807) is 11.3 Å². The van der Waals surface area contributed by atoms with Gasteiger partial charge in [-0.1, -0.05) is 17.4 Å². The van der Waals surface area contributed by atoms with Gasteiger partial charge in [-0.2, -0.15) is 0 Å². The first kappa shape index (κ1) is 17.8. The summed E-state index contributed by atoms with van der Waals surface area (Å²) < 4.78 is 5.59. The minimum atomic E-state index is 0.348. The van der Waals surface area contributed by atoms with Gasteiger partial charge in [0.05, 0.1) is 12.3 Å². The van der Waals surface area contributed by atoms with Crippen molar-refractivity contribution in [1.29, 1.82) is 0 Å². The number of rotatable bonds is 5. The molecule has 0 bridgehead atoms. The van der Waals surface area contributed by atoms with Crippen LogP contribution in [0.5, 0.6) is 0 Å². The molecule has 1 spiro atoms. The van der Waals surface area contributed by atoms with Crippen LogP contribution in [0, 0.1) is 18.3 Å². The molecule has 0 aromatic carbocycles. The maximum Gasteiger partial charge on any atom is 0.208 e. The Labute approximate surface area is 159 Å². The third kappa shape index (κ3) is 3.61. The zero-order valence-electron chi connectivity index (χ0n) is 15.6. The summed E-state index contributed by atoms with van der Waals surface area (Å²) in [7, 11) is 1.83. The summed E-state index contributed by atoms with van der Waals surface area (Å²) in [5.74, 6) is 0.592. The van der Waals surface area contributed by atoms with Crippen LogP contribution in [0.4, 0.5) is 5.13 Å². The van der Waals surface area contributed by atoms with Gasteiger partial charge in [0.15, 0.2) is 0 Å². The van der Waals surface area contributed by atoms with Crippen LogP contribution in [0.15, 0.2) is 24.4 Å². The lowest BCUT2D eigenvalue weighted by atomic mass is 9.71.